The number of fused-ring (bicyclic) bond motifs is 4. The molecule has 2 heterocycles. The lowest BCUT2D eigenvalue weighted by Gasteiger charge is -2.64. The Balaban J connectivity index is 1.19. The summed E-state index contributed by atoms with van der Waals surface area (Å²) in [6, 6.07) is 0. The highest BCUT2D eigenvalue weighted by atomic mass is 16.7. The van der Waals surface area contributed by atoms with Crippen molar-refractivity contribution in [2.24, 2.45) is 50.7 Å². The number of carbonyl (C=O) groups excluding carboxylic acids is 1. The molecule has 12 nitrogen and oxygen atoms in total. The van der Waals surface area contributed by atoms with Crippen LogP contribution in [0.4, 0.5) is 0 Å². The van der Waals surface area contributed by atoms with Crippen LogP contribution in [0.1, 0.15) is 100 Å². The van der Waals surface area contributed by atoms with Crippen molar-refractivity contribution >= 4 is 5.97 Å². The smallest absolute Gasteiger partial charge is 0.303 e. The zero-order chi connectivity index (χ0) is 36.8. The predicted molar refractivity (Wildman–Crippen MR) is 178 cm³/mol. The van der Waals surface area contributed by atoms with E-state index in [1.807, 2.05) is 13.8 Å². The minimum Gasteiger partial charge on any atom is -0.457 e. The number of esters is 1. The number of aliphatic hydroxyl groups excluding tert-OH is 5. The Morgan fingerprint density at radius 3 is 2.24 bits per heavy atom. The molecule has 0 aromatic carbocycles. The number of aliphatic hydroxyl groups is 6. The van der Waals surface area contributed by atoms with E-state index >= 15 is 0 Å². The van der Waals surface area contributed by atoms with E-state index < -0.39 is 88.5 Å². The summed E-state index contributed by atoms with van der Waals surface area (Å²) < 4.78 is 30.2. The van der Waals surface area contributed by atoms with Gasteiger partial charge in [-0.05, 0) is 98.2 Å². The SMILES string of the molecule is COC(C)(C)[C@@H](OC(C)=O)[C@H]1C[C@@H](C)[C@H]2[C@@](O)(O1)[C@H](O)[C@@]1(C)[C@@H]3[C@@H](O)C[C@H]4C(C)(C)[C@@H](O[C@@H]5OC[C@@H](O)[C@H](O)[C@H]5O)CC[C@@]45C[C@@]35CC[C@]21C. The summed E-state index contributed by atoms with van der Waals surface area (Å²) in [6.45, 7) is 15.5. The van der Waals surface area contributed by atoms with Gasteiger partial charge in [0.05, 0.1) is 18.8 Å². The highest BCUT2D eigenvalue weighted by molar-refractivity contribution is 5.66. The van der Waals surface area contributed by atoms with Crippen LogP contribution < -0.4 is 0 Å². The maximum atomic E-state index is 12.7. The summed E-state index contributed by atoms with van der Waals surface area (Å²) >= 11 is 0. The average Bonchev–Trinajstić information content (AvgIpc) is 3.66. The van der Waals surface area contributed by atoms with Crippen molar-refractivity contribution in [3.63, 3.8) is 0 Å². The highest BCUT2D eigenvalue weighted by Gasteiger charge is 2.88. The lowest BCUT2D eigenvalue weighted by molar-refractivity contribution is -0.343. The second kappa shape index (κ2) is 11.5. The Kier molecular flexibility index (Phi) is 8.63. The number of ether oxygens (including phenoxy) is 5. The molecule has 2 spiro atoms. The van der Waals surface area contributed by atoms with Gasteiger partial charge < -0.3 is 54.3 Å². The summed E-state index contributed by atoms with van der Waals surface area (Å²) in [5.74, 6) is -3.10. The van der Waals surface area contributed by atoms with E-state index in [0.29, 0.717) is 19.3 Å². The zero-order valence-electron chi connectivity index (χ0n) is 31.3. The van der Waals surface area contributed by atoms with E-state index in [4.69, 9.17) is 23.7 Å². The first-order chi connectivity index (χ1) is 23.1. The van der Waals surface area contributed by atoms with Gasteiger partial charge in [0.2, 0.25) is 0 Å². The van der Waals surface area contributed by atoms with E-state index in [-0.39, 0.29) is 41.3 Å². The second-order valence-corrected chi connectivity index (χ2v) is 19.1. The highest BCUT2D eigenvalue weighted by Crippen LogP contribution is 2.89. The van der Waals surface area contributed by atoms with E-state index in [9.17, 15) is 35.4 Å². The Morgan fingerprint density at radius 2 is 1.60 bits per heavy atom. The topological polar surface area (TPSA) is 185 Å². The number of hydrogen-bond donors (Lipinski definition) is 6. The molecule has 0 radical (unpaired) electrons. The fourth-order valence-electron chi connectivity index (χ4n) is 13.9. The van der Waals surface area contributed by atoms with Gasteiger partial charge in [-0.15, -0.1) is 0 Å². The van der Waals surface area contributed by atoms with Gasteiger partial charge in [0.25, 0.3) is 0 Å². The summed E-state index contributed by atoms with van der Waals surface area (Å²) in [7, 11) is 1.55. The third kappa shape index (κ3) is 4.62. The Morgan fingerprint density at radius 1 is 0.920 bits per heavy atom. The molecular weight excluding hydrogens is 648 g/mol. The summed E-state index contributed by atoms with van der Waals surface area (Å²) in [6.07, 6.45) is -3.74. The first-order valence-corrected chi connectivity index (χ1v) is 18.9. The molecule has 0 aromatic rings. The van der Waals surface area contributed by atoms with E-state index in [2.05, 4.69) is 34.6 Å². The summed E-state index contributed by atoms with van der Waals surface area (Å²) in [5, 5.41) is 68.6. The molecule has 0 bridgehead atoms. The van der Waals surface area contributed by atoms with Crippen molar-refractivity contribution in [1.82, 2.24) is 0 Å². The van der Waals surface area contributed by atoms with Crippen molar-refractivity contribution in [3.05, 3.63) is 0 Å². The zero-order valence-corrected chi connectivity index (χ0v) is 31.3. The number of hydrogen-bond acceptors (Lipinski definition) is 12. The molecule has 7 fully saturated rings. The van der Waals surface area contributed by atoms with Crippen molar-refractivity contribution in [2.45, 2.75) is 167 Å². The standard InChI is InChI=1S/C38H62O12/c1-18-14-22(29(48-19(2)39)33(5,6)46-9)50-38(45)27(18)34(7)12-13-37-17-36(37)11-10-24(49-30-26(43)25(42)21(41)16-47-30)32(3,4)23(36)15-20(40)28(37)35(34,8)31(38)44/h18,20-31,40-45H,10-17H2,1-9H3/t18-,20+,21-,22-,23+,24+,25+,26-,27-,28+,29+,30+,31-,34-,35-,36-,37+,38-/m1/s1. The molecule has 0 unspecified atom stereocenters. The predicted octanol–water partition coefficient (Wildman–Crippen LogP) is 2.27. The molecule has 0 aromatic heterocycles. The molecule has 0 amide bonds. The van der Waals surface area contributed by atoms with Crippen LogP contribution in [0.3, 0.4) is 0 Å². The monoisotopic (exact) mass is 710 g/mol. The summed E-state index contributed by atoms with van der Waals surface area (Å²) in [5.41, 5.74) is -3.09. The van der Waals surface area contributed by atoms with Crippen LogP contribution in [-0.4, -0.2) is 117 Å². The molecule has 6 N–H and O–H groups in total. The van der Waals surface area contributed by atoms with Crippen LogP contribution in [0.2, 0.25) is 0 Å². The minimum atomic E-state index is -1.93. The molecule has 5 aliphatic carbocycles. The van der Waals surface area contributed by atoms with Gasteiger partial charge in [-0.3, -0.25) is 4.79 Å². The van der Waals surface area contributed by atoms with Crippen LogP contribution in [0, 0.1) is 50.7 Å². The average molecular weight is 711 g/mol. The maximum Gasteiger partial charge on any atom is 0.303 e. The quantitative estimate of drug-likeness (QED) is 0.175. The Bertz CT molecular complexity index is 1360. The fraction of sp³-hybridized carbons (Fsp3) is 0.974. The third-order valence-corrected chi connectivity index (χ3v) is 16.4. The molecule has 12 heteroatoms. The minimum absolute atomic E-state index is 0.0830. The van der Waals surface area contributed by atoms with Crippen LogP contribution in [0.15, 0.2) is 0 Å². The maximum absolute atomic E-state index is 12.7. The van der Waals surface area contributed by atoms with Gasteiger partial charge in [-0.2, -0.15) is 0 Å². The van der Waals surface area contributed by atoms with Crippen LogP contribution >= 0.6 is 0 Å². The normalized spacial score (nSPS) is 55.8. The van der Waals surface area contributed by atoms with Crippen molar-refractivity contribution in [1.29, 1.82) is 0 Å². The Labute approximate surface area is 296 Å². The Hall–Kier alpha value is -0.930. The van der Waals surface area contributed by atoms with E-state index in [0.717, 1.165) is 25.7 Å². The van der Waals surface area contributed by atoms with Gasteiger partial charge in [-0.25, -0.2) is 0 Å². The van der Waals surface area contributed by atoms with Crippen molar-refractivity contribution < 1.29 is 59.1 Å². The molecular formula is C38H62O12. The molecule has 5 saturated carbocycles. The molecule has 7 aliphatic rings. The molecule has 2 aliphatic heterocycles. The van der Waals surface area contributed by atoms with E-state index in [1.54, 1.807) is 7.11 Å². The molecule has 50 heavy (non-hydrogen) atoms. The van der Waals surface area contributed by atoms with Gasteiger partial charge in [0.15, 0.2) is 18.2 Å². The second-order valence-electron chi connectivity index (χ2n) is 19.1. The molecule has 286 valence electrons. The van der Waals surface area contributed by atoms with Gasteiger partial charge in [0, 0.05) is 25.4 Å². The molecule has 2 saturated heterocycles. The number of methoxy groups -OCH3 is 1. The summed E-state index contributed by atoms with van der Waals surface area (Å²) in [4.78, 5) is 12.3. The first-order valence-electron chi connectivity index (χ1n) is 18.9. The lowest BCUT2D eigenvalue weighted by Crippen LogP contribution is -2.64. The number of carbonyl (C=O) groups is 1. The van der Waals surface area contributed by atoms with Crippen molar-refractivity contribution in [2.75, 3.05) is 13.7 Å². The van der Waals surface area contributed by atoms with Crippen molar-refractivity contribution in [3.8, 4) is 0 Å². The molecule has 18 atom stereocenters. The first kappa shape index (κ1) is 37.4. The van der Waals surface area contributed by atoms with Crippen LogP contribution in [0.5, 0.6) is 0 Å². The number of rotatable bonds is 6. The third-order valence-electron chi connectivity index (χ3n) is 16.4. The van der Waals surface area contributed by atoms with E-state index in [1.165, 1.54) is 6.92 Å². The van der Waals surface area contributed by atoms with Gasteiger partial charge in [0.1, 0.15) is 36.1 Å². The van der Waals surface area contributed by atoms with Crippen LogP contribution in [0.25, 0.3) is 0 Å². The van der Waals surface area contributed by atoms with Gasteiger partial charge in [-0.1, -0.05) is 34.6 Å². The molecule has 7 rings (SSSR count). The van der Waals surface area contributed by atoms with Gasteiger partial charge >= 0.3 is 5.97 Å². The lowest BCUT2D eigenvalue weighted by atomic mass is 9.40. The fourth-order valence-corrected chi connectivity index (χ4v) is 13.9. The van der Waals surface area contributed by atoms with Crippen LogP contribution in [-0.2, 0) is 28.5 Å². The largest absolute Gasteiger partial charge is 0.457 e.